The zero-order valence-corrected chi connectivity index (χ0v) is 14.5. The largest absolute Gasteiger partial charge is 0.492 e. The Balaban J connectivity index is 2.38. The van der Waals surface area contributed by atoms with Crippen LogP contribution in [0.1, 0.15) is 18.9 Å². The molecular formula is C17H30N4O2. The lowest BCUT2D eigenvalue weighted by molar-refractivity contribution is 0.150. The summed E-state index contributed by atoms with van der Waals surface area (Å²) >= 11 is 0. The minimum atomic E-state index is 0.484. The van der Waals surface area contributed by atoms with Gasteiger partial charge < -0.3 is 25.4 Å². The van der Waals surface area contributed by atoms with Crippen LogP contribution in [0.4, 0.5) is 0 Å². The Bertz CT molecular complexity index is 466. The number of nitrogens with two attached hydrogens (primary N) is 1. The molecule has 0 aliphatic carbocycles. The van der Waals surface area contributed by atoms with Crippen LogP contribution in [0.3, 0.4) is 0 Å². The summed E-state index contributed by atoms with van der Waals surface area (Å²) in [5, 5.41) is 3.06. The van der Waals surface area contributed by atoms with Gasteiger partial charge in [0.05, 0.1) is 13.2 Å². The molecule has 1 aromatic rings. The van der Waals surface area contributed by atoms with Crippen molar-refractivity contribution >= 4 is 5.96 Å². The summed E-state index contributed by atoms with van der Waals surface area (Å²) in [4.78, 5) is 6.50. The molecule has 130 valence electrons. The second kappa shape index (κ2) is 11.7. The van der Waals surface area contributed by atoms with Gasteiger partial charge in [-0.05, 0) is 31.2 Å². The number of guanidine groups is 1. The molecule has 6 heteroatoms. The monoisotopic (exact) mass is 322 g/mol. The number of ether oxygens (including phenoxy) is 2. The molecule has 0 saturated carbocycles. The molecule has 3 N–H and O–H groups in total. The molecule has 6 nitrogen and oxygen atoms in total. The van der Waals surface area contributed by atoms with Crippen LogP contribution in [-0.4, -0.2) is 57.9 Å². The quantitative estimate of drug-likeness (QED) is 0.477. The first kappa shape index (κ1) is 19.3. The summed E-state index contributed by atoms with van der Waals surface area (Å²) in [5.74, 6) is 1.34. The molecule has 0 amide bonds. The van der Waals surface area contributed by atoms with E-state index < -0.39 is 0 Å². The maximum atomic E-state index is 5.79. The van der Waals surface area contributed by atoms with Gasteiger partial charge in [0.2, 0.25) is 0 Å². The average Bonchev–Trinajstić information content (AvgIpc) is 2.56. The van der Waals surface area contributed by atoms with Gasteiger partial charge >= 0.3 is 0 Å². The van der Waals surface area contributed by atoms with Crippen LogP contribution >= 0.6 is 0 Å². The van der Waals surface area contributed by atoms with Gasteiger partial charge in [-0.25, -0.2) is 4.99 Å². The predicted molar refractivity (Wildman–Crippen MR) is 94.9 cm³/mol. The molecule has 0 unspecified atom stereocenters. The highest BCUT2D eigenvalue weighted by atomic mass is 16.5. The normalized spacial score (nSPS) is 11.7. The third-order valence-corrected chi connectivity index (χ3v) is 3.31. The van der Waals surface area contributed by atoms with Crippen molar-refractivity contribution < 1.29 is 9.47 Å². The lowest BCUT2D eigenvalue weighted by Crippen LogP contribution is -2.32. The van der Waals surface area contributed by atoms with E-state index in [4.69, 9.17) is 15.2 Å². The first-order valence-corrected chi connectivity index (χ1v) is 8.08. The minimum Gasteiger partial charge on any atom is -0.492 e. The van der Waals surface area contributed by atoms with Crippen LogP contribution in [0.2, 0.25) is 0 Å². The van der Waals surface area contributed by atoms with Crippen LogP contribution in [-0.2, 0) is 11.3 Å². The van der Waals surface area contributed by atoms with Crippen molar-refractivity contribution in [2.75, 3.05) is 47.0 Å². The van der Waals surface area contributed by atoms with E-state index in [0.29, 0.717) is 19.1 Å². The van der Waals surface area contributed by atoms with Gasteiger partial charge in [-0.3, -0.25) is 0 Å². The Labute approximate surface area is 139 Å². The molecule has 0 spiro atoms. The third kappa shape index (κ3) is 9.05. The lowest BCUT2D eigenvalue weighted by atomic mass is 10.2. The molecule has 0 heterocycles. The highest BCUT2D eigenvalue weighted by Crippen LogP contribution is 2.14. The highest BCUT2D eigenvalue weighted by Gasteiger charge is 2.00. The summed E-state index contributed by atoms with van der Waals surface area (Å²) in [6, 6.07) is 7.96. The second-order valence-corrected chi connectivity index (χ2v) is 5.42. The number of hydrogen-bond donors (Lipinski definition) is 2. The Hall–Kier alpha value is -1.79. The van der Waals surface area contributed by atoms with E-state index in [1.165, 1.54) is 0 Å². The molecule has 1 aromatic carbocycles. The van der Waals surface area contributed by atoms with E-state index in [1.54, 1.807) is 7.11 Å². The molecule has 23 heavy (non-hydrogen) atoms. The van der Waals surface area contributed by atoms with Crippen molar-refractivity contribution in [1.29, 1.82) is 0 Å². The lowest BCUT2D eigenvalue weighted by Gasteiger charge is -2.16. The van der Waals surface area contributed by atoms with Gasteiger partial charge in [-0.1, -0.05) is 19.1 Å². The Morgan fingerprint density at radius 2 is 2.09 bits per heavy atom. The molecule has 0 bridgehead atoms. The summed E-state index contributed by atoms with van der Waals surface area (Å²) in [7, 11) is 3.77. The number of likely N-dealkylation sites (N-methyl/N-ethyl adjacent to an activating group) is 1. The molecular weight excluding hydrogens is 292 g/mol. The number of nitrogens with zero attached hydrogens (tertiary/aromatic N) is 2. The van der Waals surface area contributed by atoms with Crippen molar-refractivity contribution in [2.24, 2.45) is 10.7 Å². The van der Waals surface area contributed by atoms with E-state index in [-0.39, 0.29) is 0 Å². The van der Waals surface area contributed by atoms with E-state index in [0.717, 1.165) is 44.0 Å². The van der Waals surface area contributed by atoms with Gasteiger partial charge in [0, 0.05) is 26.7 Å². The van der Waals surface area contributed by atoms with E-state index >= 15 is 0 Å². The molecule has 0 atom stereocenters. The molecule has 0 fully saturated rings. The highest BCUT2D eigenvalue weighted by molar-refractivity contribution is 5.77. The Morgan fingerprint density at radius 1 is 1.30 bits per heavy atom. The SMILES string of the molecule is CCCNC(N)=NCc1cccc(OCCN(C)CCOC)c1. The standard InChI is InChI=1S/C17H30N4O2/c1-4-8-19-17(18)20-14-15-6-5-7-16(13-15)23-12-10-21(2)9-11-22-3/h5-7,13H,4,8-12,14H2,1-3H3,(H3,18,19,20). The van der Waals surface area contributed by atoms with Crippen molar-refractivity contribution in [3.05, 3.63) is 29.8 Å². The number of hydrogen-bond acceptors (Lipinski definition) is 4. The van der Waals surface area contributed by atoms with Gasteiger partial charge in [0.1, 0.15) is 12.4 Å². The van der Waals surface area contributed by atoms with E-state index in [1.807, 2.05) is 24.3 Å². The maximum Gasteiger partial charge on any atom is 0.188 e. The smallest absolute Gasteiger partial charge is 0.188 e. The summed E-state index contributed by atoms with van der Waals surface area (Å²) in [6.07, 6.45) is 1.03. The fraction of sp³-hybridized carbons (Fsp3) is 0.588. The van der Waals surface area contributed by atoms with Crippen molar-refractivity contribution in [3.63, 3.8) is 0 Å². The number of rotatable bonds is 11. The first-order chi connectivity index (χ1) is 11.2. The van der Waals surface area contributed by atoms with E-state index in [9.17, 15) is 0 Å². The zero-order chi connectivity index (χ0) is 16.9. The van der Waals surface area contributed by atoms with Crippen LogP contribution in [0, 0.1) is 0 Å². The van der Waals surface area contributed by atoms with Crippen molar-refractivity contribution in [2.45, 2.75) is 19.9 Å². The van der Waals surface area contributed by atoms with Crippen LogP contribution in [0.25, 0.3) is 0 Å². The zero-order valence-electron chi connectivity index (χ0n) is 14.5. The second-order valence-electron chi connectivity index (χ2n) is 5.42. The van der Waals surface area contributed by atoms with Crippen LogP contribution < -0.4 is 15.8 Å². The summed E-state index contributed by atoms with van der Waals surface area (Å²) < 4.78 is 10.8. The first-order valence-electron chi connectivity index (χ1n) is 8.08. The number of aliphatic imine (C=N–C) groups is 1. The van der Waals surface area contributed by atoms with Crippen molar-refractivity contribution in [3.8, 4) is 5.75 Å². The molecule has 0 saturated heterocycles. The van der Waals surface area contributed by atoms with Crippen molar-refractivity contribution in [1.82, 2.24) is 10.2 Å². The van der Waals surface area contributed by atoms with Gasteiger partial charge in [0.25, 0.3) is 0 Å². The summed E-state index contributed by atoms with van der Waals surface area (Å²) in [5.41, 5.74) is 6.87. The predicted octanol–water partition coefficient (Wildman–Crippen LogP) is 1.46. The minimum absolute atomic E-state index is 0.484. The average molecular weight is 322 g/mol. The third-order valence-electron chi connectivity index (χ3n) is 3.31. The Kier molecular flexibility index (Phi) is 9.83. The number of benzene rings is 1. The molecule has 0 aliphatic rings. The fourth-order valence-electron chi connectivity index (χ4n) is 1.90. The number of nitrogens with one attached hydrogen (secondary N) is 1. The topological polar surface area (TPSA) is 72.1 Å². The fourth-order valence-corrected chi connectivity index (χ4v) is 1.90. The molecule has 0 radical (unpaired) electrons. The Morgan fingerprint density at radius 3 is 2.83 bits per heavy atom. The molecule has 1 rings (SSSR count). The van der Waals surface area contributed by atoms with Gasteiger partial charge in [0.15, 0.2) is 5.96 Å². The maximum absolute atomic E-state index is 5.79. The van der Waals surface area contributed by atoms with Crippen LogP contribution in [0.5, 0.6) is 5.75 Å². The molecule has 0 aliphatic heterocycles. The van der Waals surface area contributed by atoms with E-state index in [2.05, 4.69) is 29.2 Å². The summed E-state index contributed by atoms with van der Waals surface area (Å²) in [6.45, 7) is 6.62. The van der Waals surface area contributed by atoms with Crippen LogP contribution in [0.15, 0.2) is 29.3 Å². The van der Waals surface area contributed by atoms with Gasteiger partial charge in [-0.2, -0.15) is 0 Å². The number of methoxy groups -OCH3 is 1. The molecule has 0 aromatic heterocycles. The van der Waals surface area contributed by atoms with Gasteiger partial charge in [-0.15, -0.1) is 0 Å².